The summed E-state index contributed by atoms with van der Waals surface area (Å²) in [7, 11) is 0. The van der Waals surface area contributed by atoms with Crippen LogP contribution in [0, 0.1) is 5.92 Å². The van der Waals surface area contributed by atoms with E-state index in [-0.39, 0.29) is 11.4 Å². The van der Waals surface area contributed by atoms with Crippen LogP contribution < -0.4 is 5.32 Å². The van der Waals surface area contributed by atoms with E-state index in [2.05, 4.69) is 31.2 Å². The van der Waals surface area contributed by atoms with Gasteiger partial charge in [-0.15, -0.1) is 0 Å². The van der Waals surface area contributed by atoms with Crippen LogP contribution in [-0.2, 0) is 10.3 Å². The molecule has 22 heavy (non-hydrogen) atoms. The number of amides is 1. The Balaban J connectivity index is 2.18. The van der Waals surface area contributed by atoms with E-state index in [1.54, 1.807) is 13.8 Å². The summed E-state index contributed by atoms with van der Waals surface area (Å²) < 4.78 is 1.92. The quantitative estimate of drug-likeness (QED) is 0.874. The summed E-state index contributed by atoms with van der Waals surface area (Å²) in [6, 6.07) is 1.39. The number of rotatable bonds is 5. The maximum Gasteiger partial charge on any atom is 0.308 e. The fourth-order valence-electron chi connectivity index (χ4n) is 2.33. The fraction of sp³-hybridized carbons (Fsp3) is 0.688. The second-order valence-corrected chi connectivity index (χ2v) is 7.20. The zero-order chi connectivity index (χ0) is 16.7. The van der Waals surface area contributed by atoms with E-state index < -0.39 is 17.9 Å². The summed E-state index contributed by atoms with van der Waals surface area (Å²) >= 11 is 0. The first kappa shape index (κ1) is 16.5. The third-order valence-corrected chi connectivity index (χ3v) is 4.10. The molecule has 0 aromatic carbocycles. The van der Waals surface area contributed by atoms with Crippen molar-refractivity contribution in [3.8, 4) is 0 Å². The van der Waals surface area contributed by atoms with Crippen molar-refractivity contribution in [1.29, 1.82) is 0 Å². The Morgan fingerprint density at radius 2 is 1.95 bits per heavy atom. The molecule has 2 atom stereocenters. The highest BCUT2D eigenvalue weighted by atomic mass is 16.4. The first-order chi connectivity index (χ1) is 10.1. The molecule has 2 unspecified atom stereocenters. The number of carbonyl (C=O) groups is 2. The van der Waals surface area contributed by atoms with E-state index in [1.165, 1.54) is 0 Å². The molecule has 1 amide bonds. The maximum atomic E-state index is 12.3. The number of hydrogen-bond acceptors (Lipinski definition) is 3. The highest BCUT2D eigenvalue weighted by Crippen LogP contribution is 2.41. The van der Waals surface area contributed by atoms with Gasteiger partial charge in [0, 0.05) is 17.7 Å². The second-order valence-electron chi connectivity index (χ2n) is 7.20. The highest BCUT2D eigenvalue weighted by Gasteiger charge is 2.33. The molecule has 1 aromatic rings. The molecule has 0 spiro atoms. The van der Waals surface area contributed by atoms with E-state index in [4.69, 9.17) is 5.11 Å². The molecule has 6 heteroatoms. The SMILES string of the molecule is CC(NC(=O)c1cc(C2CC2)n(C(C)(C)C)n1)C(C)C(=O)O. The molecule has 1 aliphatic carbocycles. The average Bonchev–Trinajstić information content (AvgIpc) is 3.14. The van der Waals surface area contributed by atoms with Crippen LogP contribution in [0.25, 0.3) is 0 Å². The Morgan fingerprint density at radius 3 is 2.41 bits per heavy atom. The van der Waals surface area contributed by atoms with E-state index >= 15 is 0 Å². The van der Waals surface area contributed by atoms with Gasteiger partial charge < -0.3 is 10.4 Å². The van der Waals surface area contributed by atoms with Crippen molar-refractivity contribution in [2.24, 2.45) is 5.92 Å². The number of carboxylic acids is 1. The van der Waals surface area contributed by atoms with Gasteiger partial charge in [-0.25, -0.2) is 0 Å². The normalized spacial score (nSPS) is 17.9. The smallest absolute Gasteiger partial charge is 0.308 e. The number of hydrogen-bond donors (Lipinski definition) is 2. The largest absolute Gasteiger partial charge is 0.481 e. The molecule has 1 heterocycles. The lowest BCUT2D eigenvalue weighted by Crippen LogP contribution is -2.40. The Morgan fingerprint density at radius 1 is 1.36 bits per heavy atom. The minimum atomic E-state index is -0.924. The van der Waals surface area contributed by atoms with Gasteiger partial charge in [-0.3, -0.25) is 14.3 Å². The van der Waals surface area contributed by atoms with E-state index in [0.29, 0.717) is 11.6 Å². The van der Waals surface area contributed by atoms with Gasteiger partial charge in [0.05, 0.1) is 11.5 Å². The van der Waals surface area contributed by atoms with Crippen molar-refractivity contribution in [2.75, 3.05) is 0 Å². The minimum absolute atomic E-state index is 0.184. The molecule has 2 rings (SSSR count). The second kappa shape index (κ2) is 5.74. The fourth-order valence-corrected chi connectivity index (χ4v) is 2.33. The number of aliphatic carboxylic acids is 1. The zero-order valence-corrected chi connectivity index (χ0v) is 13.9. The van der Waals surface area contributed by atoms with Crippen LogP contribution in [0.1, 0.15) is 69.6 Å². The van der Waals surface area contributed by atoms with Crippen LogP contribution in [-0.4, -0.2) is 32.8 Å². The topological polar surface area (TPSA) is 84.2 Å². The molecular weight excluding hydrogens is 282 g/mol. The van der Waals surface area contributed by atoms with Crippen LogP contribution >= 0.6 is 0 Å². The van der Waals surface area contributed by atoms with Gasteiger partial charge in [-0.05, 0) is 53.5 Å². The first-order valence-corrected chi connectivity index (χ1v) is 7.75. The van der Waals surface area contributed by atoms with Gasteiger partial charge in [0.1, 0.15) is 5.69 Å². The molecule has 0 saturated heterocycles. The Hall–Kier alpha value is -1.85. The average molecular weight is 307 g/mol. The zero-order valence-electron chi connectivity index (χ0n) is 13.9. The summed E-state index contributed by atoms with van der Waals surface area (Å²) in [5.74, 6) is -1.39. The summed E-state index contributed by atoms with van der Waals surface area (Å²) in [6.45, 7) is 9.45. The van der Waals surface area contributed by atoms with Crippen LogP contribution in [0.3, 0.4) is 0 Å². The van der Waals surface area contributed by atoms with E-state index in [1.807, 2.05) is 10.7 Å². The molecule has 0 aliphatic heterocycles. The molecule has 2 N–H and O–H groups in total. The van der Waals surface area contributed by atoms with Crippen LogP contribution in [0.15, 0.2) is 6.07 Å². The maximum absolute atomic E-state index is 12.3. The third-order valence-electron chi connectivity index (χ3n) is 4.10. The monoisotopic (exact) mass is 307 g/mol. The van der Waals surface area contributed by atoms with Crippen molar-refractivity contribution in [2.45, 2.75) is 65.0 Å². The van der Waals surface area contributed by atoms with Gasteiger partial charge in [-0.1, -0.05) is 0 Å². The van der Waals surface area contributed by atoms with Crippen molar-refractivity contribution in [1.82, 2.24) is 15.1 Å². The van der Waals surface area contributed by atoms with Crippen LogP contribution in [0.2, 0.25) is 0 Å². The molecule has 122 valence electrons. The number of aromatic nitrogens is 2. The lowest BCUT2D eigenvalue weighted by atomic mass is 10.0. The molecule has 0 radical (unpaired) electrons. The van der Waals surface area contributed by atoms with Gasteiger partial charge in [0.2, 0.25) is 0 Å². The lowest BCUT2D eigenvalue weighted by molar-refractivity contribution is -0.141. The van der Waals surface area contributed by atoms with Crippen molar-refractivity contribution in [3.63, 3.8) is 0 Å². The lowest BCUT2D eigenvalue weighted by Gasteiger charge is -2.22. The van der Waals surface area contributed by atoms with Crippen molar-refractivity contribution >= 4 is 11.9 Å². The predicted octanol–water partition coefficient (Wildman–Crippen LogP) is 2.35. The number of nitrogens with zero attached hydrogens (tertiary/aromatic N) is 2. The summed E-state index contributed by atoms with van der Waals surface area (Å²) in [5, 5.41) is 16.2. The van der Waals surface area contributed by atoms with Crippen molar-refractivity contribution < 1.29 is 14.7 Å². The Labute approximate surface area is 130 Å². The number of nitrogens with one attached hydrogen (secondary N) is 1. The Kier molecular flexibility index (Phi) is 4.31. The highest BCUT2D eigenvalue weighted by molar-refractivity contribution is 5.93. The number of carbonyl (C=O) groups excluding carboxylic acids is 1. The standard InChI is InChI=1S/C16H25N3O3/c1-9(15(21)22)10(2)17-14(20)12-8-13(11-6-7-11)19(18-12)16(3,4)5/h8-11H,6-7H2,1-5H3,(H,17,20)(H,21,22). The Bertz CT molecular complexity index is 582. The molecule has 1 fully saturated rings. The van der Waals surface area contributed by atoms with Gasteiger partial charge in [0.25, 0.3) is 5.91 Å². The van der Waals surface area contributed by atoms with E-state index in [9.17, 15) is 9.59 Å². The minimum Gasteiger partial charge on any atom is -0.481 e. The number of carboxylic acid groups (broad SMARTS) is 1. The first-order valence-electron chi connectivity index (χ1n) is 7.75. The van der Waals surface area contributed by atoms with E-state index in [0.717, 1.165) is 18.5 Å². The molecule has 1 saturated carbocycles. The molecular formula is C16H25N3O3. The van der Waals surface area contributed by atoms with Crippen LogP contribution in [0.5, 0.6) is 0 Å². The molecule has 1 aliphatic rings. The van der Waals surface area contributed by atoms with Gasteiger partial charge >= 0.3 is 5.97 Å². The van der Waals surface area contributed by atoms with Gasteiger partial charge in [-0.2, -0.15) is 5.10 Å². The van der Waals surface area contributed by atoms with Gasteiger partial charge in [0.15, 0.2) is 0 Å². The van der Waals surface area contributed by atoms with Crippen molar-refractivity contribution in [3.05, 3.63) is 17.5 Å². The van der Waals surface area contributed by atoms with Crippen LogP contribution in [0.4, 0.5) is 0 Å². The third kappa shape index (κ3) is 3.48. The molecule has 6 nitrogen and oxygen atoms in total. The summed E-state index contributed by atoms with van der Waals surface area (Å²) in [5.41, 5.74) is 1.27. The summed E-state index contributed by atoms with van der Waals surface area (Å²) in [4.78, 5) is 23.3. The predicted molar refractivity (Wildman–Crippen MR) is 82.9 cm³/mol. The molecule has 0 bridgehead atoms. The summed E-state index contributed by atoms with van der Waals surface area (Å²) in [6.07, 6.45) is 2.27. The molecule has 1 aromatic heterocycles.